The molecule has 4 rings (SSSR count). The van der Waals surface area contributed by atoms with Crippen LogP contribution in [0.3, 0.4) is 0 Å². The van der Waals surface area contributed by atoms with Crippen molar-refractivity contribution in [3.05, 3.63) is 58.7 Å². The second kappa shape index (κ2) is 5.61. The summed E-state index contributed by atoms with van der Waals surface area (Å²) in [5.41, 5.74) is 5.60. The van der Waals surface area contributed by atoms with Gasteiger partial charge in [0.25, 0.3) is 0 Å². The van der Waals surface area contributed by atoms with Gasteiger partial charge in [0.05, 0.1) is 19.4 Å². The van der Waals surface area contributed by atoms with Gasteiger partial charge in [0.15, 0.2) is 17.6 Å². The number of hydrogen-bond acceptors (Lipinski definition) is 4. The second-order valence-electron chi connectivity index (χ2n) is 6.01. The highest BCUT2D eigenvalue weighted by Crippen LogP contribution is 2.38. The van der Waals surface area contributed by atoms with Gasteiger partial charge in [0, 0.05) is 24.0 Å². The van der Waals surface area contributed by atoms with E-state index < -0.39 is 0 Å². The first-order valence-corrected chi connectivity index (χ1v) is 7.88. The van der Waals surface area contributed by atoms with Gasteiger partial charge in [0.2, 0.25) is 0 Å². The number of methoxy groups -OCH3 is 1. The van der Waals surface area contributed by atoms with Gasteiger partial charge in [-0.15, -0.1) is 0 Å². The van der Waals surface area contributed by atoms with Crippen molar-refractivity contribution in [2.45, 2.75) is 25.9 Å². The maximum atomic E-state index is 5.65. The summed E-state index contributed by atoms with van der Waals surface area (Å²) >= 11 is 0. The number of oxime groups is 1. The first-order chi connectivity index (χ1) is 11.2. The number of nitrogens with zero attached hydrogens (tertiary/aromatic N) is 1. The molecule has 2 heterocycles. The molecule has 0 bridgehead atoms. The minimum absolute atomic E-state index is 0.0129. The fourth-order valence-electron chi connectivity index (χ4n) is 3.10. The van der Waals surface area contributed by atoms with E-state index in [0.717, 1.165) is 41.2 Å². The van der Waals surface area contributed by atoms with Gasteiger partial charge >= 0.3 is 0 Å². The number of fused-ring (bicyclic) bond motifs is 1. The van der Waals surface area contributed by atoms with Crippen LogP contribution in [0.4, 0.5) is 0 Å². The van der Waals surface area contributed by atoms with Crippen molar-refractivity contribution in [2.24, 2.45) is 5.16 Å². The van der Waals surface area contributed by atoms with Crippen molar-refractivity contribution in [3.8, 4) is 11.5 Å². The van der Waals surface area contributed by atoms with Crippen LogP contribution < -0.4 is 9.47 Å². The fraction of sp³-hybridized carbons (Fsp3) is 0.316. The topological polar surface area (TPSA) is 40.0 Å². The molecule has 0 saturated heterocycles. The quantitative estimate of drug-likeness (QED) is 0.865. The van der Waals surface area contributed by atoms with E-state index in [1.54, 1.807) is 7.11 Å². The lowest BCUT2D eigenvalue weighted by atomic mass is 9.97. The Hall–Kier alpha value is -2.49. The molecule has 0 aromatic heterocycles. The maximum absolute atomic E-state index is 5.65. The Kier molecular flexibility index (Phi) is 3.45. The zero-order valence-corrected chi connectivity index (χ0v) is 13.3. The molecular formula is C19H19NO3. The van der Waals surface area contributed by atoms with E-state index in [2.05, 4.69) is 42.4 Å². The number of hydrogen-bond donors (Lipinski definition) is 0. The Morgan fingerprint density at radius 2 is 2.00 bits per heavy atom. The molecule has 118 valence electrons. The van der Waals surface area contributed by atoms with Gasteiger partial charge in [-0.3, -0.25) is 0 Å². The summed E-state index contributed by atoms with van der Waals surface area (Å²) < 4.78 is 11.1. The van der Waals surface area contributed by atoms with Crippen LogP contribution in [0.25, 0.3) is 0 Å². The van der Waals surface area contributed by atoms with Crippen LogP contribution in [0.2, 0.25) is 0 Å². The van der Waals surface area contributed by atoms with E-state index >= 15 is 0 Å². The summed E-state index contributed by atoms with van der Waals surface area (Å²) in [6, 6.07) is 12.6. The van der Waals surface area contributed by atoms with Crippen LogP contribution >= 0.6 is 0 Å². The Balaban J connectivity index is 1.59. The van der Waals surface area contributed by atoms with E-state index in [1.165, 1.54) is 11.1 Å². The number of rotatable bonds is 3. The molecule has 2 aromatic carbocycles. The third-order valence-electron chi connectivity index (χ3n) is 4.42. The standard InChI is InChI=1S/C19H19NO3/c1-12-3-5-13(6-4-12)17-11-16(20-23-17)15-9-14-7-8-22-19(14)18(10-15)21-2/h3-6,9-10,17H,7-8,11H2,1-2H3. The lowest BCUT2D eigenvalue weighted by Crippen LogP contribution is -2.03. The molecule has 4 nitrogen and oxygen atoms in total. The number of ether oxygens (including phenoxy) is 2. The highest BCUT2D eigenvalue weighted by molar-refractivity contribution is 6.02. The Morgan fingerprint density at radius 1 is 1.17 bits per heavy atom. The van der Waals surface area contributed by atoms with Crippen LogP contribution in [-0.2, 0) is 11.3 Å². The van der Waals surface area contributed by atoms with Crippen LogP contribution in [0, 0.1) is 6.92 Å². The Labute approximate surface area is 135 Å². The van der Waals surface area contributed by atoms with Crippen LogP contribution in [0.15, 0.2) is 41.6 Å². The van der Waals surface area contributed by atoms with Crippen LogP contribution in [-0.4, -0.2) is 19.4 Å². The van der Waals surface area contributed by atoms with E-state index in [-0.39, 0.29) is 6.10 Å². The number of benzene rings is 2. The Morgan fingerprint density at radius 3 is 2.78 bits per heavy atom. The first kappa shape index (κ1) is 14.1. The average Bonchev–Trinajstić information content (AvgIpc) is 3.23. The molecule has 0 saturated carbocycles. The Bertz CT molecular complexity index is 765. The molecule has 2 aliphatic rings. The van der Waals surface area contributed by atoms with Gasteiger partial charge in [-0.25, -0.2) is 0 Å². The number of aryl methyl sites for hydroxylation is 1. The maximum Gasteiger partial charge on any atom is 0.164 e. The van der Waals surface area contributed by atoms with Gasteiger partial charge in [-0.05, 0) is 24.6 Å². The smallest absolute Gasteiger partial charge is 0.164 e. The SMILES string of the molecule is COc1cc(C2=NOC(c3ccc(C)cc3)C2)cc2c1OCC2. The van der Waals surface area contributed by atoms with Crippen molar-refractivity contribution >= 4 is 5.71 Å². The molecule has 0 aliphatic carbocycles. The summed E-state index contributed by atoms with van der Waals surface area (Å²) in [7, 11) is 1.67. The van der Waals surface area contributed by atoms with Crippen molar-refractivity contribution in [3.63, 3.8) is 0 Å². The predicted octanol–water partition coefficient (Wildman–Crippen LogP) is 3.80. The molecule has 0 fully saturated rings. The summed E-state index contributed by atoms with van der Waals surface area (Å²) in [5.74, 6) is 1.64. The van der Waals surface area contributed by atoms with Crippen LogP contribution in [0.5, 0.6) is 11.5 Å². The van der Waals surface area contributed by atoms with Gasteiger partial charge in [0.1, 0.15) is 0 Å². The monoisotopic (exact) mass is 309 g/mol. The minimum atomic E-state index is -0.0129. The van der Waals surface area contributed by atoms with E-state index in [1.807, 2.05) is 6.07 Å². The molecule has 2 aromatic rings. The third-order valence-corrected chi connectivity index (χ3v) is 4.42. The van der Waals surface area contributed by atoms with Crippen molar-refractivity contribution in [1.29, 1.82) is 0 Å². The molecule has 4 heteroatoms. The molecule has 0 spiro atoms. The zero-order chi connectivity index (χ0) is 15.8. The lowest BCUT2D eigenvalue weighted by molar-refractivity contribution is 0.0857. The molecular weight excluding hydrogens is 290 g/mol. The minimum Gasteiger partial charge on any atom is -0.493 e. The summed E-state index contributed by atoms with van der Waals surface area (Å²) in [6.07, 6.45) is 1.67. The second-order valence-corrected chi connectivity index (χ2v) is 6.01. The van der Waals surface area contributed by atoms with Gasteiger partial charge in [-0.1, -0.05) is 35.0 Å². The molecule has 23 heavy (non-hydrogen) atoms. The largest absolute Gasteiger partial charge is 0.493 e. The normalized spacial score (nSPS) is 18.9. The van der Waals surface area contributed by atoms with Crippen LogP contribution in [0.1, 0.15) is 34.8 Å². The van der Waals surface area contributed by atoms with Gasteiger partial charge in [-0.2, -0.15) is 0 Å². The zero-order valence-electron chi connectivity index (χ0n) is 13.3. The summed E-state index contributed by atoms with van der Waals surface area (Å²) in [4.78, 5) is 5.65. The van der Waals surface area contributed by atoms with Gasteiger partial charge < -0.3 is 14.3 Å². The molecule has 2 aliphatic heterocycles. The highest BCUT2D eigenvalue weighted by atomic mass is 16.6. The molecule has 1 atom stereocenters. The molecule has 0 N–H and O–H groups in total. The molecule has 1 unspecified atom stereocenters. The highest BCUT2D eigenvalue weighted by Gasteiger charge is 2.26. The average molecular weight is 309 g/mol. The fourth-order valence-corrected chi connectivity index (χ4v) is 3.10. The van der Waals surface area contributed by atoms with E-state index in [4.69, 9.17) is 14.3 Å². The van der Waals surface area contributed by atoms with Crippen molar-refractivity contribution in [2.75, 3.05) is 13.7 Å². The summed E-state index contributed by atoms with van der Waals surface area (Å²) in [6.45, 7) is 2.80. The predicted molar refractivity (Wildman–Crippen MR) is 88.4 cm³/mol. The molecule has 0 amide bonds. The van der Waals surface area contributed by atoms with Crippen molar-refractivity contribution in [1.82, 2.24) is 0 Å². The summed E-state index contributed by atoms with van der Waals surface area (Å²) in [5, 5.41) is 4.31. The van der Waals surface area contributed by atoms with E-state index in [0.29, 0.717) is 6.61 Å². The third kappa shape index (κ3) is 2.54. The van der Waals surface area contributed by atoms with Crippen molar-refractivity contribution < 1.29 is 14.3 Å². The first-order valence-electron chi connectivity index (χ1n) is 7.88. The molecule has 0 radical (unpaired) electrons. The van der Waals surface area contributed by atoms with E-state index in [9.17, 15) is 0 Å². The lowest BCUT2D eigenvalue weighted by Gasteiger charge is -2.10.